The van der Waals surface area contributed by atoms with Gasteiger partial charge in [0.25, 0.3) is 0 Å². The highest BCUT2D eigenvalue weighted by Crippen LogP contribution is 2.31. The van der Waals surface area contributed by atoms with E-state index < -0.39 is 6.09 Å². The second-order valence-electron chi connectivity index (χ2n) is 2.52. The van der Waals surface area contributed by atoms with Crippen molar-refractivity contribution in [1.29, 1.82) is 0 Å². The summed E-state index contributed by atoms with van der Waals surface area (Å²) in [5.41, 5.74) is 4.92. The molecule has 0 unspecified atom stereocenters. The van der Waals surface area contributed by atoms with Crippen LogP contribution in [0.15, 0.2) is 29.6 Å². The lowest BCUT2D eigenvalue weighted by Gasteiger charge is -1.96. The summed E-state index contributed by atoms with van der Waals surface area (Å²) in [6.45, 7) is 0. The third-order valence-electron chi connectivity index (χ3n) is 1.66. The fourth-order valence-electron chi connectivity index (χ4n) is 1.14. The Morgan fingerprint density at radius 1 is 1.38 bits per heavy atom. The number of benzene rings is 1. The minimum atomic E-state index is -0.774. The molecular formula is C9H7NO2S. The van der Waals surface area contributed by atoms with Gasteiger partial charge in [-0.1, -0.05) is 12.1 Å². The minimum absolute atomic E-state index is 0.535. The van der Waals surface area contributed by atoms with E-state index in [2.05, 4.69) is 0 Å². The number of fused-ring (bicyclic) bond motifs is 1. The standard InChI is InChI=1S/C9H7NO2S/c10-9(11)12-7-5-13-8-4-2-1-3-6(7)8/h1-5H,(H2,10,11). The summed E-state index contributed by atoms with van der Waals surface area (Å²) in [5, 5.41) is 2.70. The fraction of sp³-hybridized carbons (Fsp3) is 0. The van der Waals surface area contributed by atoms with E-state index in [1.54, 1.807) is 5.38 Å². The predicted molar refractivity (Wildman–Crippen MR) is 52.0 cm³/mol. The van der Waals surface area contributed by atoms with Gasteiger partial charge >= 0.3 is 6.09 Å². The Morgan fingerprint density at radius 2 is 2.15 bits per heavy atom. The van der Waals surface area contributed by atoms with E-state index in [4.69, 9.17) is 10.5 Å². The van der Waals surface area contributed by atoms with Gasteiger partial charge in [0.15, 0.2) is 5.75 Å². The van der Waals surface area contributed by atoms with E-state index in [1.165, 1.54) is 11.3 Å². The number of thiophene rings is 1. The lowest BCUT2D eigenvalue weighted by Crippen LogP contribution is -2.15. The topological polar surface area (TPSA) is 52.3 Å². The van der Waals surface area contributed by atoms with E-state index in [0.29, 0.717) is 5.75 Å². The molecule has 0 aliphatic carbocycles. The Balaban J connectivity index is 2.51. The van der Waals surface area contributed by atoms with Crippen LogP contribution in [-0.4, -0.2) is 6.09 Å². The van der Waals surface area contributed by atoms with Crippen molar-refractivity contribution in [2.24, 2.45) is 5.73 Å². The Kier molecular flexibility index (Phi) is 1.90. The van der Waals surface area contributed by atoms with Crippen molar-refractivity contribution < 1.29 is 9.53 Å². The lowest BCUT2D eigenvalue weighted by molar-refractivity contribution is 0.211. The number of carbonyl (C=O) groups excluding carboxylic acids is 1. The fourth-order valence-corrected chi connectivity index (χ4v) is 2.00. The molecule has 2 aromatic rings. The maximum absolute atomic E-state index is 10.5. The zero-order chi connectivity index (χ0) is 9.26. The number of ether oxygens (including phenoxy) is 1. The summed E-state index contributed by atoms with van der Waals surface area (Å²) in [7, 11) is 0. The van der Waals surface area contributed by atoms with Crippen molar-refractivity contribution in [3.63, 3.8) is 0 Å². The molecule has 66 valence electrons. The first-order chi connectivity index (χ1) is 6.27. The Hall–Kier alpha value is -1.55. The first-order valence-electron chi connectivity index (χ1n) is 3.71. The quantitative estimate of drug-likeness (QED) is 0.755. The molecule has 1 aromatic carbocycles. The summed E-state index contributed by atoms with van der Waals surface area (Å²) in [6, 6.07) is 7.69. The van der Waals surface area contributed by atoms with E-state index >= 15 is 0 Å². The minimum Gasteiger partial charge on any atom is -0.409 e. The normalized spacial score (nSPS) is 10.2. The van der Waals surface area contributed by atoms with Crippen molar-refractivity contribution >= 4 is 27.5 Å². The second-order valence-corrected chi connectivity index (χ2v) is 3.43. The van der Waals surface area contributed by atoms with Crippen LogP contribution in [0.2, 0.25) is 0 Å². The SMILES string of the molecule is NC(=O)Oc1csc2ccccc12. The molecule has 0 radical (unpaired) electrons. The molecule has 4 heteroatoms. The molecular weight excluding hydrogens is 186 g/mol. The molecule has 13 heavy (non-hydrogen) atoms. The molecule has 1 amide bonds. The van der Waals surface area contributed by atoms with Crippen LogP contribution in [0.3, 0.4) is 0 Å². The van der Waals surface area contributed by atoms with Crippen molar-refractivity contribution in [2.75, 3.05) is 0 Å². The zero-order valence-electron chi connectivity index (χ0n) is 6.69. The number of amides is 1. The van der Waals surface area contributed by atoms with Gasteiger partial charge in [0.1, 0.15) is 0 Å². The van der Waals surface area contributed by atoms with Crippen molar-refractivity contribution in [1.82, 2.24) is 0 Å². The second kappa shape index (κ2) is 3.06. The molecule has 0 fully saturated rings. The van der Waals surface area contributed by atoms with Gasteiger partial charge in [0.2, 0.25) is 0 Å². The number of rotatable bonds is 1. The maximum atomic E-state index is 10.5. The molecule has 0 aliphatic rings. The number of hydrogen-bond acceptors (Lipinski definition) is 3. The molecule has 1 heterocycles. The van der Waals surface area contributed by atoms with Crippen LogP contribution in [0, 0.1) is 0 Å². The number of hydrogen-bond donors (Lipinski definition) is 1. The van der Waals surface area contributed by atoms with Crippen molar-refractivity contribution in [3.8, 4) is 5.75 Å². The Labute approximate surface area is 78.7 Å². The van der Waals surface area contributed by atoms with Crippen LogP contribution in [0.1, 0.15) is 0 Å². The maximum Gasteiger partial charge on any atom is 0.410 e. The van der Waals surface area contributed by atoms with Crippen LogP contribution in [0.25, 0.3) is 10.1 Å². The number of nitrogens with two attached hydrogens (primary N) is 1. The van der Waals surface area contributed by atoms with Gasteiger partial charge < -0.3 is 10.5 Å². The molecule has 0 spiro atoms. The highest BCUT2D eigenvalue weighted by molar-refractivity contribution is 7.17. The smallest absolute Gasteiger partial charge is 0.409 e. The van der Waals surface area contributed by atoms with E-state index in [9.17, 15) is 4.79 Å². The van der Waals surface area contributed by atoms with Gasteiger partial charge in [-0.15, -0.1) is 11.3 Å². The van der Waals surface area contributed by atoms with Crippen LogP contribution < -0.4 is 10.5 Å². The van der Waals surface area contributed by atoms with Crippen LogP contribution in [0.4, 0.5) is 4.79 Å². The average Bonchev–Trinajstić information content (AvgIpc) is 2.48. The van der Waals surface area contributed by atoms with E-state index in [-0.39, 0.29) is 0 Å². The largest absolute Gasteiger partial charge is 0.410 e. The molecule has 2 N–H and O–H groups in total. The molecule has 1 aromatic heterocycles. The Morgan fingerprint density at radius 3 is 2.92 bits per heavy atom. The summed E-state index contributed by atoms with van der Waals surface area (Å²) >= 11 is 1.52. The summed E-state index contributed by atoms with van der Waals surface area (Å²) in [6.07, 6.45) is -0.774. The van der Waals surface area contributed by atoms with Crippen LogP contribution >= 0.6 is 11.3 Å². The van der Waals surface area contributed by atoms with Gasteiger partial charge in [0.05, 0.1) is 0 Å². The molecule has 0 atom stereocenters. The first kappa shape index (κ1) is 8.07. The van der Waals surface area contributed by atoms with E-state index in [0.717, 1.165) is 10.1 Å². The van der Waals surface area contributed by atoms with Gasteiger partial charge in [-0.3, -0.25) is 0 Å². The molecule has 0 bridgehead atoms. The van der Waals surface area contributed by atoms with Crippen molar-refractivity contribution in [2.45, 2.75) is 0 Å². The monoisotopic (exact) mass is 193 g/mol. The van der Waals surface area contributed by atoms with Gasteiger partial charge in [-0.05, 0) is 12.1 Å². The van der Waals surface area contributed by atoms with Gasteiger partial charge in [-0.2, -0.15) is 0 Å². The zero-order valence-corrected chi connectivity index (χ0v) is 7.51. The number of primary amides is 1. The third-order valence-corrected chi connectivity index (χ3v) is 2.60. The van der Waals surface area contributed by atoms with Crippen LogP contribution in [-0.2, 0) is 0 Å². The van der Waals surface area contributed by atoms with Crippen LogP contribution in [0.5, 0.6) is 5.75 Å². The molecule has 0 aliphatic heterocycles. The summed E-state index contributed by atoms with van der Waals surface area (Å²) < 4.78 is 5.90. The number of carbonyl (C=O) groups is 1. The first-order valence-corrected chi connectivity index (χ1v) is 4.59. The third kappa shape index (κ3) is 1.48. The summed E-state index contributed by atoms with van der Waals surface area (Å²) in [5.74, 6) is 0.535. The molecule has 0 saturated carbocycles. The average molecular weight is 193 g/mol. The molecule has 3 nitrogen and oxygen atoms in total. The van der Waals surface area contributed by atoms with Crippen molar-refractivity contribution in [3.05, 3.63) is 29.6 Å². The molecule has 2 rings (SSSR count). The lowest BCUT2D eigenvalue weighted by atomic mass is 10.2. The van der Waals surface area contributed by atoms with Gasteiger partial charge in [0, 0.05) is 15.5 Å². The predicted octanol–water partition coefficient (Wildman–Crippen LogP) is 2.36. The Bertz CT molecular complexity index is 450. The van der Waals surface area contributed by atoms with E-state index in [1.807, 2.05) is 24.3 Å². The molecule has 0 saturated heterocycles. The highest BCUT2D eigenvalue weighted by Gasteiger charge is 2.05. The highest BCUT2D eigenvalue weighted by atomic mass is 32.1. The van der Waals surface area contributed by atoms with Gasteiger partial charge in [-0.25, -0.2) is 4.79 Å². The summed E-state index contributed by atoms with van der Waals surface area (Å²) in [4.78, 5) is 10.5.